The minimum Gasteiger partial charge on any atom is -0.493 e. The van der Waals surface area contributed by atoms with Crippen LogP contribution in [0.25, 0.3) is 11.3 Å². The monoisotopic (exact) mass is 497 g/mol. The molecule has 3 heterocycles. The third-order valence-corrected chi connectivity index (χ3v) is 7.28. The molecule has 35 heavy (non-hydrogen) atoms. The maximum atomic E-state index is 13.2. The first-order chi connectivity index (χ1) is 16.7. The molecular weight excluding hydrogens is 466 g/mol. The second-order valence-corrected chi connectivity index (χ2v) is 11.0. The van der Waals surface area contributed by atoms with Crippen LogP contribution in [0.2, 0.25) is 0 Å². The highest BCUT2D eigenvalue weighted by Crippen LogP contribution is 2.34. The van der Waals surface area contributed by atoms with E-state index in [1.54, 1.807) is 12.1 Å². The number of hydrogen-bond acceptors (Lipinski definition) is 7. The Hall–Kier alpha value is -3.40. The fraction of sp³-hybridized carbons (Fsp3) is 0.400. The number of sulfonamides is 1. The number of nitrogens with zero attached hydrogens (tertiary/aromatic N) is 3. The van der Waals surface area contributed by atoms with Gasteiger partial charge in [0.25, 0.3) is 15.9 Å². The molecule has 2 atom stereocenters. The number of aromatic nitrogens is 3. The number of H-pyrrole nitrogens is 1. The molecule has 0 spiro atoms. The predicted octanol–water partition coefficient (Wildman–Crippen LogP) is 4.00. The van der Waals surface area contributed by atoms with Crippen molar-refractivity contribution in [3.05, 3.63) is 54.2 Å². The molecule has 2 N–H and O–H groups in total. The van der Waals surface area contributed by atoms with Crippen LogP contribution in [-0.4, -0.2) is 48.2 Å². The topological polar surface area (TPSA) is 117 Å². The molecule has 1 aliphatic rings. The van der Waals surface area contributed by atoms with E-state index in [1.165, 1.54) is 12.3 Å². The molecule has 0 bridgehead atoms. The van der Waals surface area contributed by atoms with Crippen LogP contribution in [-0.2, 0) is 10.0 Å². The van der Waals surface area contributed by atoms with Crippen molar-refractivity contribution >= 4 is 21.7 Å². The van der Waals surface area contributed by atoms with Crippen molar-refractivity contribution in [3.8, 4) is 17.0 Å². The quantitative estimate of drug-likeness (QED) is 0.483. The highest BCUT2D eigenvalue weighted by atomic mass is 32.2. The molecule has 10 heteroatoms. The van der Waals surface area contributed by atoms with Gasteiger partial charge in [-0.3, -0.25) is 9.89 Å². The average Bonchev–Trinajstić information content (AvgIpc) is 3.48. The molecule has 1 aliphatic heterocycles. The molecular formula is C25H31N5O4S. The summed E-state index contributed by atoms with van der Waals surface area (Å²) in [6.45, 7) is 8.95. The minimum atomic E-state index is -4.09. The second kappa shape index (κ2) is 10.1. The van der Waals surface area contributed by atoms with Gasteiger partial charge in [0, 0.05) is 17.6 Å². The Morgan fingerprint density at radius 1 is 1.17 bits per heavy atom. The number of anilines is 1. The lowest BCUT2D eigenvalue weighted by Crippen LogP contribution is -2.37. The molecule has 4 rings (SSSR count). The highest BCUT2D eigenvalue weighted by molar-refractivity contribution is 7.90. The van der Waals surface area contributed by atoms with Gasteiger partial charge in [0.1, 0.15) is 11.6 Å². The van der Waals surface area contributed by atoms with Crippen molar-refractivity contribution in [1.29, 1.82) is 0 Å². The van der Waals surface area contributed by atoms with Crippen molar-refractivity contribution < 1.29 is 17.9 Å². The third-order valence-electron chi connectivity index (χ3n) is 6.02. The summed E-state index contributed by atoms with van der Waals surface area (Å²) in [5, 5.41) is 5.86. The first kappa shape index (κ1) is 24.7. The molecule has 1 amide bonds. The van der Waals surface area contributed by atoms with E-state index in [0.29, 0.717) is 24.0 Å². The smallest absolute Gasteiger partial charge is 0.281 e. The summed E-state index contributed by atoms with van der Waals surface area (Å²) in [5.41, 5.74) is 1.72. The molecule has 0 radical (unpaired) electrons. The van der Waals surface area contributed by atoms with Gasteiger partial charge in [-0.2, -0.15) is 13.5 Å². The zero-order chi connectivity index (χ0) is 25.2. The minimum absolute atomic E-state index is 0.157. The maximum Gasteiger partial charge on any atom is 0.281 e. The maximum absolute atomic E-state index is 13.2. The lowest BCUT2D eigenvalue weighted by atomic mass is 10.1. The molecule has 9 nitrogen and oxygen atoms in total. The fourth-order valence-corrected chi connectivity index (χ4v) is 5.11. The summed E-state index contributed by atoms with van der Waals surface area (Å²) >= 11 is 0. The van der Waals surface area contributed by atoms with Crippen molar-refractivity contribution in [2.75, 3.05) is 11.5 Å². The van der Waals surface area contributed by atoms with Crippen molar-refractivity contribution in [2.24, 2.45) is 5.92 Å². The van der Waals surface area contributed by atoms with Gasteiger partial charge in [-0.15, -0.1) is 0 Å². The summed E-state index contributed by atoms with van der Waals surface area (Å²) in [4.78, 5) is 20.2. The average molecular weight is 498 g/mol. The van der Waals surface area contributed by atoms with Crippen LogP contribution in [0.4, 0.5) is 5.82 Å². The van der Waals surface area contributed by atoms with Crippen LogP contribution in [0.1, 0.15) is 50.9 Å². The zero-order valence-corrected chi connectivity index (χ0v) is 21.2. The van der Waals surface area contributed by atoms with Crippen molar-refractivity contribution in [2.45, 2.75) is 57.6 Å². The first-order valence-corrected chi connectivity index (χ1v) is 13.2. The number of pyridine rings is 1. The number of rotatable bonds is 8. The van der Waals surface area contributed by atoms with Crippen LogP contribution in [0.15, 0.2) is 53.7 Å². The summed E-state index contributed by atoms with van der Waals surface area (Å²) in [6.07, 6.45) is 3.23. The van der Waals surface area contributed by atoms with E-state index >= 15 is 0 Å². The number of hydrogen-bond donors (Lipinski definition) is 2. The SMILES string of the molecule is CC(C)COc1cccc(-c2ccc(C(=O)NS(=O)(=O)c3ccn[nH]3)c(N3[C@H](C)CC[C@@H]3C)n2)c1. The number of aromatic amines is 1. The van der Waals surface area contributed by atoms with E-state index in [4.69, 9.17) is 9.72 Å². The van der Waals surface area contributed by atoms with Gasteiger partial charge in [-0.25, -0.2) is 9.71 Å². The van der Waals surface area contributed by atoms with Gasteiger partial charge in [0.05, 0.1) is 24.1 Å². The Bertz CT molecular complexity index is 1280. The summed E-state index contributed by atoms with van der Waals surface area (Å²) in [6, 6.07) is 12.6. The number of amides is 1. The molecule has 186 valence electrons. The van der Waals surface area contributed by atoms with E-state index in [2.05, 4.69) is 47.5 Å². The van der Waals surface area contributed by atoms with Gasteiger partial charge >= 0.3 is 0 Å². The lowest BCUT2D eigenvalue weighted by molar-refractivity contribution is 0.0981. The van der Waals surface area contributed by atoms with Gasteiger partial charge < -0.3 is 9.64 Å². The first-order valence-electron chi connectivity index (χ1n) is 11.7. The van der Waals surface area contributed by atoms with Crippen LogP contribution in [0, 0.1) is 5.92 Å². The molecule has 0 unspecified atom stereocenters. The molecule has 3 aromatic rings. The van der Waals surface area contributed by atoms with Gasteiger partial charge in [-0.05, 0) is 62.9 Å². The van der Waals surface area contributed by atoms with E-state index in [9.17, 15) is 13.2 Å². The van der Waals surface area contributed by atoms with Crippen molar-refractivity contribution in [3.63, 3.8) is 0 Å². The molecule has 2 aromatic heterocycles. The highest BCUT2D eigenvalue weighted by Gasteiger charge is 2.33. The van der Waals surface area contributed by atoms with Crippen LogP contribution >= 0.6 is 0 Å². The molecule has 1 saturated heterocycles. The second-order valence-electron chi connectivity index (χ2n) is 9.34. The Labute approximate surface area is 206 Å². The van der Waals surface area contributed by atoms with Gasteiger partial charge in [0.15, 0.2) is 5.03 Å². The zero-order valence-electron chi connectivity index (χ0n) is 20.4. The molecule has 1 fully saturated rings. The van der Waals surface area contributed by atoms with E-state index in [-0.39, 0.29) is 22.7 Å². The van der Waals surface area contributed by atoms with E-state index in [1.807, 2.05) is 24.3 Å². The van der Waals surface area contributed by atoms with Gasteiger partial charge in [0.2, 0.25) is 0 Å². The normalized spacial score (nSPS) is 18.1. The number of carbonyl (C=O) groups is 1. The van der Waals surface area contributed by atoms with Crippen molar-refractivity contribution in [1.82, 2.24) is 19.9 Å². The summed E-state index contributed by atoms with van der Waals surface area (Å²) in [5.74, 6) is 0.868. The van der Waals surface area contributed by atoms with E-state index < -0.39 is 15.9 Å². The Balaban J connectivity index is 1.72. The van der Waals surface area contributed by atoms with Crippen LogP contribution in [0.5, 0.6) is 5.75 Å². The largest absolute Gasteiger partial charge is 0.493 e. The standard InChI is InChI=1S/C25H31N5O4S/c1-16(2)15-34-20-7-5-6-19(14-20)22-11-10-21(24(27-22)30-17(3)8-9-18(30)4)25(31)29-35(32,33)23-12-13-26-28-23/h5-7,10-14,16-18H,8-9,15H2,1-4H3,(H,26,28)(H,29,31)/t17-,18+. The van der Waals surface area contributed by atoms with E-state index in [0.717, 1.165) is 24.2 Å². The molecule has 0 saturated carbocycles. The third kappa shape index (κ3) is 5.48. The number of nitrogens with one attached hydrogen (secondary N) is 2. The number of carbonyl (C=O) groups excluding carboxylic acids is 1. The predicted molar refractivity (Wildman–Crippen MR) is 134 cm³/mol. The number of benzene rings is 1. The molecule has 1 aromatic carbocycles. The Kier molecular flexibility index (Phi) is 7.11. The Morgan fingerprint density at radius 3 is 2.57 bits per heavy atom. The summed E-state index contributed by atoms with van der Waals surface area (Å²) < 4.78 is 33.3. The van der Waals surface area contributed by atoms with Gasteiger partial charge in [-0.1, -0.05) is 26.0 Å². The molecule has 0 aliphatic carbocycles. The fourth-order valence-electron chi connectivity index (χ4n) is 4.23. The van der Waals surface area contributed by atoms with Crippen LogP contribution < -0.4 is 14.4 Å². The number of ether oxygens (including phenoxy) is 1. The Morgan fingerprint density at radius 2 is 1.91 bits per heavy atom. The summed E-state index contributed by atoms with van der Waals surface area (Å²) in [7, 11) is -4.09. The lowest BCUT2D eigenvalue weighted by Gasteiger charge is -2.29. The van der Waals surface area contributed by atoms with Crippen LogP contribution in [0.3, 0.4) is 0 Å².